The number of hydrogen-bond acceptors (Lipinski definition) is 1. The van der Waals surface area contributed by atoms with Crippen LogP contribution in [0.25, 0.3) is 0 Å². The molecule has 1 aliphatic rings. The highest BCUT2D eigenvalue weighted by molar-refractivity contribution is 5.14. The summed E-state index contributed by atoms with van der Waals surface area (Å²) in [7, 11) is 0. The molecule has 1 atom stereocenters. The number of benzene rings is 1. The van der Waals surface area contributed by atoms with Gasteiger partial charge in [-0.2, -0.15) is 0 Å². The summed E-state index contributed by atoms with van der Waals surface area (Å²) >= 11 is 0. The first-order chi connectivity index (χ1) is 9.34. The molecule has 1 aromatic carbocycles. The molecule has 106 valence electrons. The smallest absolute Gasteiger partial charge is 0.00390 e. The molecule has 2 rings (SSSR count). The molecular weight excluding hydrogens is 230 g/mol. The number of nitrogens with two attached hydrogens (primary N) is 1. The first kappa shape index (κ1) is 14.6. The van der Waals surface area contributed by atoms with Crippen molar-refractivity contribution in [3.63, 3.8) is 0 Å². The van der Waals surface area contributed by atoms with Crippen molar-refractivity contribution >= 4 is 0 Å². The van der Waals surface area contributed by atoms with Crippen LogP contribution in [-0.4, -0.2) is 6.04 Å². The number of rotatable bonds is 7. The average Bonchev–Trinajstić information content (AvgIpc) is 2.47. The fraction of sp³-hybridized carbons (Fsp3) is 0.667. The Bertz CT molecular complexity index is 327. The summed E-state index contributed by atoms with van der Waals surface area (Å²) in [5.74, 6) is 0.980. The lowest BCUT2D eigenvalue weighted by atomic mass is 9.85. The molecule has 1 nitrogen and oxygen atoms in total. The van der Waals surface area contributed by atoms with E-state index in [9.17, 15) is 0 Å². The molecular formula is C18H29N. The summed E-state index contributed by atoms with van der Waals surface area (Å²) in [5.41, 5.74) is 7.70. The molecule has 0 aromatic heterocycles. The zero-order chi connectivity index (χ0) is 13.3. The minimum Gasteiger partial charge on any atom is -0.328 e. The lowest BCUT2D eigenvalue weighted by Gasteiger charge is -2.22. The highest BCUT2D eigenvalue weighted by atomic mass is 14.6. The second-order valence-corrected chi connectivity index (χ2v) is 6.22. The van der Waals surface area contributed by atoms with Crippen LogP contribution >= 0.6 is 0 Å². The van der Waals surface area contributed by atoms with Crippen molar-refractivity contribution in [1.82, 2.24) is 0 Å². The van der Waals surface area contributed by atoms with Crippen LogP contribution in [0.4, 0.5) is 0 Å². The van der Waals surface area contributed by atoms with Crippen LogP contribution in [-0.2, 0) is 6.42 Å². The summed E-state index contributed by atoms with van der Waals surface area (Å²) in [6, 6.07) is 11.2. The molecule has 19 heavy (non-hydrogen) atoms. The molecule has 1 fully saturated rings. The van der Waals surface area contributed by atoms with Crippen molar-refractivity contribution in [2.24, 2.45) is 11.7 Å². The van der Waals surface area contributed by atoms with E-state index in [1.165, 1.54) is 69.8 Å². The van der Waals surface area contributed by atoms with Gasteiger partial charge in [0, 0.05) is 6.04 Å². The van der Waals surface area contributed by atoms with Gasteiger partial charge in [-0.3, -0.25) is 0 Å². The van der Waals surface area contributed by atoms with Gasteiger partial charge in [-0.1, -0.05) is 62.4 Å². The topological polar surface area (TPSA) is 26.0 Å². The minimum atomic E-state index is 0.422. The van der Waals surface area contributed by atoms with Crippen LogP contribution in [0.5, 0.6) is 0 Å². The van der Waals surface area contributed by atoms with E-state index in [1.807, 2.05) is 0 Å². The van der Waals surface area contributed by atoms with E-state index in [1.54, 1.807) is 0 Å². The maximum atomic E-state index is 6.26. The van der Waals surface area contributed by atoms with Crippen LogP contribution in [0.3, 0.4) is 0 Å². The van der Waals surface area contributed by atoms with Gasteiger partial charge in [-0.25, -0.2) is 0 Å². The Kier molecular flexibility index (Phi) is 6.43. The number of aryl methyl sites for hydroxylation is 1. The van der Waals surface area contributed by atoms with Crippen LogP contribution in [0.2, 0.25) is 0 Å². The van der Waals surface area contributed by atoms with E-state index in [0.29, 0.717) is 6.04 Å². The predicted molar refractivity (Wildman–Crippen MR) is 83.2 cm³/mol. The molecule has 1 heteroatoms. The van der Waals surface area contributed by atoms with E-state index >= 15 is 0 Å². The quantitative estimate of drug-likeness (QED) is 0.755. The summed E-state index contributed by atoms with van der Waals surface area (Å²) in [4.78, 5) is 0. The third kappa shape index (κ3) is 5.78. The molecule has 0 amide bonds. The Balaban J connectivity index is 1.55. The molecule has 1 aliphatic carbocycles. The maximum absolute atomic E-state index is 6.26. The van der Waals surface area contributed by atoms with Crippen molar-refractivity contribution < 1.29 is 0 Å². The van der Waals surface area contributed by atoms with Crippen molar-refractivity contribution in [3.05, 3.63) is 35.9 Å². The fourth-order valence-corrected chi connectivity index (χ4v) is 3.28. The van der Waals surface area contributed by atoms with Gasteiger partial charge in [-0.05, 0) is 43.6 Å². The summed E-state index contributed by atoms with van der Waals surface area (Å²) in [6.45, 7) is 0. The standard InChI is InChI=1S/C18H29N/c19-18(15-14-17-10-5-2-6-11-17)13-7-12-16-8-3-1-4-9-16/h1,3-4,8-9,17-18H,2,5-7,10-15,19H2. The van der Waals surface area contributed by atoms with E-state index in [0.717, 1.165) is 5.92 Å². The van der Waals surface area contributed by atoms with Crippen molar-refractivity contribution in [3.8, 4) is 0 Å². The van der Waals surface area contributed by atoms with Crippen LogP contribution in [0.15, 0.2) is 30.3 Å². The molecule has 1 aromatic rings. The number of hydrogen-bond donors (Lipinski definition) is 1. The highest BCUT2D eigenvalue weighted by Crippen LogP contribution is 2.27. The monoisotopic (exact) mass is 259 g/mol. The van der Waals surface area contributed by atoms with E-state index in [4.69, 9.17) is 5.73 Å². The Morgan fingerprint density at radius 3 is 2.47 bits per heavy atom. The van der Waals surface area contributed by atoms with Crippen LogP contribution in [0.1, 0.15) is 63.4 Å². The lowest BCUT2D eigenvalue weighted by Crippen LogP contribution is -2.21. The molecule has 0 radical (unpaired) electrons. The SMILES string of the molecule is NC(CCCc1ccccc1)CCC1CCCCC1. The van der Waals surface area contributed by atoms with Gasteiger partial charge in [0.05, 0.1) is 0 Å². The Labute approximate surface area is 118 Å². The van der Waals surface area contributed by atoms with Crippen LogP contribution in [0, 0.1) is 5.92 Å². The van der Waals surface area contributed by atoms with Gasteiger partial charge in [0.25, 0.3) is 0 Å². The zero-order valence-electron chi connectivity index (χ0n) is 12.2. The van der Waals surface area contributed by atoms with Gasteiger partial charge < -0.3 is 5.73 Å². The van der Waals surface area contributed by atoms with E-state index < -0.39 is 0 Å². The predicted octanol–water partition coefficient (Wildman–Crippen LogP) is 4.70. The Hall–Kier alpha value is -0.820. The van der Waals surface area contributed by atoms with Gasteiger partial charge in [0.15, 0.2) is 0 Å². The largest absolute Gasteiger partial charge is 0.328 e. The third-order valence-corrected chi connectivity index (χ3v) is 4.55. The molecule has 1 unspecified atom stereocenters. The summed E-state index contributed by atoms with van der Waals surface area (Å²) < 4.78 is 0. The Morgan fingerprint density at radius 1 is 1.00 bits per heavy atom. The summed E-state index contributed by atoms with van der Waals surface area (Å²) in [6.07, 6.45) is 13.5. The van der Waals surface area contributed by atoms with Crippen LogP contribution < -0.4 is 5.73 Å². The third-order valence-electron chi connectivity index (χ3n) is 4.55. The maximum Gasteiger partial charge on any atom is 0.00390 e. The summed E-state index contributed by atoms with van der Waals surface area (Å²) in [5, 5.41) is 0. The second kappa shape index (κ2) is 8.37. The van der Waals surface area contributed by atoms with E-state index in [-0.39, 0.29) is 0 Å². The molecule has 0 bridgehead atoms. The zero-order valence-corrected chi connectivity index (χ0v) is 12.2. The fourth-order valence-electron chi connectivity index (χ4n) is 3.28. The van der Waals surface area contributed by atoms with Crippen molar-refractivity contribution in [2.45, 2.75) is 70.3 Å². The minimum absolute atomic E-state index is 0.422. The van der Waals surface area contributed by atoms with Gasteiger partial charge in [0.1, 0.15) is 0 Å². The first-order valence-corrected chi connectivity index (χ1v) is 8.14. The second-order valence-electron chi connectivity index (χ2n) is 6.22. The van der Waals surface area contributed by atoms with Gasteiger partial charge in [-0.15, -0.1) is 0 Å². The Morgan fingerprint density at radius 2 is 1.74 bits per heavy atom. The van der Waals surface area contributed by atoms with Crippen molar-refractivity contribution in [2.75, 3.05) is 0 Å². The molecule has 0 heterocycles. The first-order valence-electron chi connectivity index (χ1n) is 8.14. The molecule has 0 saturated heterocycles. The molecule has 0 aliphatic heterocycles. The van der Waals surface area contributed by atoms with Gasteiger partial charge in [0.2, 0.25) is 0 Å². The molecule has 1 saturated carbocycles. The average molecular weight is 259 g/mol. The van der Waals surface area contributed by atoms with E-state index in [2.05, 4.69) is 30.3 Å². The molecule has 2 N–H and O–H groups in total. The highest BCUT2D eigenvalue weighted by Gasteiger charge is 2.14. The van der Waals surface area contributed by atoms with Gasteiger partial charge >= 0.3 is 0 Å². The van der Waals surface area contributed by atoms with Crippen molar-refractivity contribution in [1.29, 1.82) is 0 Å². The molecule has 0 spiro atoms. The normalized spacial score (nSPS) is 18.4. The lowest BCUT2D eigenvalue weighted by molar-refractivity contribution is 0.320.